The van der Waals surface area contributed by atoms with Gasteiger partial charge in [0.1, 0.15) is 12.2 Å². The fraction of sp³-hybridized carbons (Fsp3) is 0.571. The van der Waals surface area contributed by atoms with E-state index in [0.717, 1.165) is 6.07 Å². The van der Waals surface area contributed by atoms with Crippen LogP contribution in [0, 0.1) is 11.6 Å². The predicted octanol–water partition coefficient (Wildman–Crippen LogP) is -0.734. The molecule has 0 spiro atoms. The minimum Gasteiger partial charge on any atom is -0.395 e. The van der Waals surface area contributed by atoms with Gasteiger partial charge in [-0.1, -0.05) is 12.1 Å². The molecule has 0 radical (unpaired) electrons. The fourth-order valence-electron chi connectivity index (χ4n) is 2.64. The molecule has 1 saturated heterocycles. The molecule has 7 heteroatoms. The minimum absolute atomic E-state index is 0.0421. The molecule has 21 heavy (non-hydrogen) atoms. The van der Waals surface area contributed by atoms with E-state index in [1.807, 2.05) is 0 Å². The van der Waals surface area contributed by atoms with Crippen LogP contribution in [0.3, 0.4) is 0 Å². The molecule has 2 rings (SSSR count). The topological polar surface area (TPSA) is 84.2 Å². The lowest BCUT2D eigenvalue weighted by atomic mass is 9.94. The molecule has 1 heterocycles. The summed E-state index contributed by atoms with van der Waals surface area (Å²) in [5.41, 5.74) is 0.182. The van der Waals surface area contributed by atoms with Crippen molar-refractivity contribution in [2.75, 3.05) is 19.7 Å². The third-order valence-corrected chi connectivity index (χ3v) is 3.92. The van der Waals surface area contributed by atoms with Crippen LogP contribution in [0.2, 0.25) is 0 Å². The number of likely N-dealkylation sites (tertiary alicyclic amines) is 1. The maximum absolute atomic E-state index is 13.6. The lowest BCUT2D eigenvalue weighted by Gasteiger charge is -2.43. The van der Waals surface area contributed by atoms with Crippen molar-refractivity contribution in [3.05, 3.63) is 35.4 Å². The zero-order valence-electron chi connectivity index (χ0n) is 11.4. The highest BCUT2D eigenvalue weighted by molar-refractivity contribution is 5.19. The summed E-state index contributed by atoms with van der Waals surface area (Å²) in [7, 11) is 0. The van der Waals surface area contributed by atoms with Crippen LogP contribution in [0.15, 0.2) is 18.2 Å². The number of β-amino-alcohol motifs (C(OH)–C–C–N with tert-alkyl or cyclic N) is 1. The summed E-state index contributed by atoms with van der Waals surface area (Å²) < 4.78 is 26.7. The Morgan fingerprint density at radius 2 is 1.86 bits per heavy atom. The molecule has 0 bridgehead atoms. The highest BCUT2D eigenvalue weighted by Gasteiger charge is 2.40. The van der Waals surface area contributed by atoms with Crippen molar-refractivity contribution in [1.29, 1.82) is 0 Å². The standard InChI is InChI=1S/C14H19F2NO4/c15-9-3-1-2-8(12(9)16)4-5-17-6-11(19)14(21)13(20)10(17)7-18/h1-3,10-11,13-14,18-21H,4-7H2/t10-,11-,13+,14+/m0/s1. The number of piperidine rings is 1. The van der Waals surface area contributed by atoms with Crippen molar-refractivity contribution >= 4 is 0 Å². The van der Waals surface area contributed by atoms with E-state index in [-0.39, 0.29) is 25.1 Å². The van der Waals surface area contributed by atoms with Crippen molar-refractivity contribution in [1.82, 2.24) is 4.90 Å². The second-order valence-electron chi connectivity index (χ2n) is 5.26. The van der Waals surface area contributed by atoms with Gasteiger partial charge in [-0.2, -0.15) is 0 Å². The molecule has 0 aliphatic carbocycles. The number of hydrogen-bond donors (Lipinski definition) is 4. The van der Waals surface area contributed by atoms with Crippen molar-refractivity contribution < 1.29 is 29.2 Å². The molecule has 4 atom stereocenters. The molecule has 1 aliphatic rings. The van der Waals surface area contributed by atoms with Crippen LogP contribution in [0.25, 0.3) is 0 Å². The Hall–Kier alpha value is -1.12. The maximum atomic E-state index is 13.6. The maximum Gasteiger partial charge on any atom is 0.162 e. The van der Waals surface area contributed by atoms with E-state index in [1.54, 1.807) is 4.90 Å². The Morgan fingerprint density at radius 3 is 2.52 bits per heavy atom. The van der Waals surface area contributed by atoms with Crippen LogP contribution in [0.4, 0.5) is 8.78 Å². The molecular formula is C14H19F2NO4. The van der Waals surface area contributed by atoms with Gasteiger partial charge in [0.05, 0.1) is 18.8 Å². The summed E-state index contributed by atoms with van der Waals surface area (Å²) >= 11 is 0. The lowest BCUT2D eigenvalue weighted by molar-refractivity contribution is -0.144. The van der Waals surface area contributed by atoms with Crippen LogP contribution in [0.5, 0.6) is 0 Å². The van der Waals surface area contributed by atoms with Gasteiger partial charge in [0.15, 0.2) is 11.6 Å². The number of rotatable bonds is 4. The number of nitrogens with zero attached hydrogens (tertiary/aromatic N) is 1. The van der Waals surface area contributed by atoms with Crippen LogP contribution >= 0.6 is 0 Å². The zero-order valence-corrected chi connectivity index (χ0v) is 11.4. The molecular weight excluding hydrogens is 284 g/mol. The zero-order chi connectivity index (χ0) is 15.6. The Bertz CT molecular complexity index is 488. The molecule has 0 unspecified atom stereocenters. The smallest absolute Gasteiger partial charge is 0.162 e. The Balaban J connectivity index is 2.06. The third kappa shape index (κ3) is 3.38. The number of aliphatic hydroxyl groups excluding tert-OH is 4. The predicted molar refractivity (Wildman–Crippen MR) is 70.5 cm³/mol. The van der Waals surface area contributed by atoms with Gasteiger partial charge >= 0.3 is 0 Å². The van der Waals surface area contributed by atoms with Crippen molar-refractivity contribution in [3.63, 3.8) is 0 Å². The average Bonchev–Trinajstić information content (AvgIpc) is 2.46. The molecule has 5 nitrogen and oxygen atoms in total. The van der Waals surface area contributed by atoms with Crippen LogP contribution in [-0.4, -0.2) is 69.4 Å². The Morgan fingerprint density at radius 1 is 1.14 bits per heavy atom. The molecule has 0 aromatic heterocycles. The number of halogens is 2. The average molecular weight is 303 g/mol. The van der Waals surface area contributed by atoms with E-state index in [2.05, 4.69) is 0 Å². The van der Waals surface area contributed by atoms with Gasteiger partial charge in [0.25, 0.3) is 0 Å². The van der Waals surface area contributed by atoms with E-state index >= 15 is 0 Å². The van der Waals surface area contributed by atoms with Crippen LogP contribution < -0.4 is 0 Å². The first-order valence-electron chi connectivity index (χ1n) is 6.77. The first-order chi connectivity index (χ1) is 9.95. The summed E-state index contributed by atoms with van der Waals surface area (Å²) in [4.78, 5) is 1.56. The third-order valence-electron chi connectivity index (χ3n) is 3.92. The first kappa shape index (κ1) is 16.3. The van der Waals surface area contributed by atoms with E-state index in [9.17, 15) is 29.2 Å². The Labute approximate surface area is 121 Å². The molecule has 118 valence electrons. The van der Waals surface area contributed by atoms with Crippen molar-refractivity contribution in [2.24, 2.45) is 0 Å². The second kappa shape index (κ2) is 6.76. The number of benzene rings is 1. The highest BCUT2D eigenvalue weighted by atomic mass is 19.2. The molecule has 1 fully saturated rings. The first-order valence-corrected chi connectivity index (χ1v) is 6.77. The van der Waals surface area contributed by atoms with Gasteiger partial charge in [0, 0.05) is 13.1 Å². The van der Waals surface area contributed by atoms with E-state index in [1.165, 1.54) is 12.1 Å². The van der Waals surface area contributed by atoms with Crippen molar-refractivity contribution in [2.45, 2.75) is 30.8 Å². The fourth-order valence-corrected chi connectivity index (χ4v) is 2.64. The lowest BCUT2D eigenvalue weighted by Crippen LogP contribution is -2.62. The summed E-state index contributed by atoms with van der Waals surface area (Å²) in [6.45, 7) is -0.149. The summed E-state index contributed by atoms with van der Waals surface area (Å²) in [6.07, 6.45) is -3.61. The minimum atomic E-state index is -1.33. The van der Waals surface area contributed by atoms with E-state index in [0.29, 0.717) is 0 Å². The summed E-state index contributed by atoms with van der Waals surface area (Å²) in [6, 6.07) is 3.14. The normalized spacial score (nSPS) is 30.6. The van der Waals surface area contributed by atoms with Crippen molar-refractivity contribution in [3.8, 4) is 0 Å². The van der Waals surface area contributed by atoms with Gasteiger partial charge < -0.3 is 20.4 Å². The number of aliphatic hydroxyl groups is 4. The molecule has 1 aromatic rings. The number of hydrogen-bond acceptors (Lipinski definition) is 5. The van der Waals surface area contributed by atoms with Gasteiger partial charge in [-0.25, -0.2) is 8.78 Å². The van der Waals surface area contributed by atoms with Gasteiger partial charge in [-0.05, 0) is 18.1 Å². The molecule has 4 N–H and O–H groups in total. The van der Waals surface area contributed by atoms with E-state index < -0.39 is 42.6 Å². The Kier molecular flexibility index (Phi) is 5.23. The van der Waals surface area contributed by atoms with Gasteiger partial charge in [0.2, 0.25) is 0 Å². The highest BCUT2D eigenvalue weighted by Crippen LogP contribution is 2.20. The summed E-state index contributed by atoms with van der Waals surface area (Å²) in [5.74, 6) is -1.85. The van der Waals surface area contributed by atoms with Crippen LogP contribution in [-0.2, 0) is 6.42 Å². The van der Waals surface area contributed by atoms with E-state index in [4.69, 9.17) is 0 Å². The molecule has 0 saturated carbocycles. The molecule has 1 aromatic carbocycles. The quantitative estimate of drug-likeness (QED) is 0.589. The molecule has 1 aliphatic heterocycles. The summed E-state index contributed by atoms with van der Waals surface area (Å²) in [5, 5.41) is 38.4. The van der Waals surface area contributed by atoms with Gasteiger partial charge in [-0.3, -0.25) is 4.90 Å². The SMILES string of the molecule is OC[C@H]1[C@@H](O)[C@H](O)[C@@H](O)CN1CCc1cccc(F)c1F. The van der Waals surface area contributed by atoms with Crippen LogP contribution in [0.1, 0.15) is 5.56 Å². The second-order valence-corrected chi connectivity index (χ2v) is 5.26. The largest absolute Gasteiger partial charge is 0.395 e. The van der Waals surface area contributed by atoms with Gasteiger partial charge in [-0.15, -0.1) is 0 Å². The monoisotopic (exact) mass is 303 g/mol. The molecule has 0 amide bonds.